The van der Waals surface area contributed by atoms with Crippen molar-refractivity contribution in [1.82, 2.24) is 18.1 Å². The predicted octanol–water partition coefficient (Wildman–Crippen LogP) is 0.598. The first-order valence-corrected chi connectivity index (χ1v) is 10.2. The number of nitrogens with zero attached hydrogens (tertiary/aromatic N) is 4. The molecule has 12 heteroatoms. The maximum Gasteiger partial charge on any atom is 0.417 e. The third-order valence-corrected chi connectivity index (χ3v) is 6.75. The Hall–Kier alpha value is -1.92. The molecule has 1 aromatic heterocycles. The van der Waals surface area contributed by atoms with Crippen LogP contribution in [0.4, 0.5) is 13.2 Å². The van der Waals surface area contributed by atoms with Gasteiger partial charge in [0.15, 0.2) is 0 Å². The van der Waals surface area contributed by atoms with Gasteiger partial charge in [-0.05, 0) is 6.07 Å². The van der Waals surface area contributed by atoms with Gasteiger partial charge >= 0.3 is 6.18 Å². The summed E-state index contributed by atoms with van der Waals surface area (Å²) < 4.78 is 66.7. The van der Waals surface area contributed by atoms with Crippen molar-refractivity contribution in [2.24, 2.45) is 0 Å². The molecule has 8 nitrogen and oxygen atoms in total. The second-order valence-corrected chi connectivity index (χ2v) is 8.18. The minimum atomic E-state index is -4.62. The van der Waals surface area contributed by atoms with Crippen molar-refractivity contribution < 1.29 is 26.4 Å². The normalized spacial score (nSPS) is 16.6. The molecular formula is C16H23F3N4O4S. The van der Waals surface area contributed by atoms with Gasteiger partial charge in [0.2, 0.25) is 5.91 Å². The largest absolute Gasteiger partial charge is 0.417 e. The molecule has 0 saturated carbocycles. The first-order chi connectivity index (χ1) is 13.0. The minimum absolute atomic E-state index is 0.0854. The molecule has 2 heterocycles. The summed E-state index contributed by atoms with van der Waals surface area (Å²) in [6, 6.07) is 1.44. The van der Waals surface area contributed by atoms with E-state index in [-0.39, 0.29) is 26.2 Å². The number of rotatable bonds is 6. The van der Waals surface area contributed by atoms with Crippen molar-refractivity contribution in [3.63, 3.8) is 0 Å². The van der Waals surface area contributed by atoms with Gasteiger partial charge in [-0.2, -0.15) is 30.2 Å². The third-order valence-electron chi connectivity index (χ3n) is 4.57. The van der Waals surface area contributed by atoms with E-state index in [0.29, 0.717) is 29.9 Å². The lowest BCUT2D eigenvalue weighted by Crippen LogP contribution is -2.54. The van der Waals surface area contributed by atoms with Crippen molar-refractivity contribution in [3.8, 4) is 0 Å². The molecule has 0 N–H and O–H groups in total. The fourth-order valence-electron chi connectivity index (χ4n) is 2.95. The Labute approximate surface area is 161 Å². The molecule has 1 aromatic rings. The van der Waals surface area contributed by atoms with Crippen LogP contribution in [0.2, 0.25) is 0 Å². The van der Waals surface area contributed by atoms with Gasteiger partial charge in [-0.3, -0.25) is 9.59 Å². The number of hydrogen-bond donors (Lipinski definition) is 0. The minimum Gasteiger partial charge on any atom is -0.338 e. The van der Waals surface area contributed by atoms with Crippen molar-refractivity contribution in [2.45, 2.75) is 26.6 Å². The van der Waals surface area contributed by atoms with Crippen LogP contribution in [0.3, 0.4) is 0 Å². The van der Waals surface area contributed by atoms with Crippen LogP contribution in [0, 0.1) is 0 Å². The highest BCUT2D eigenvalue weighted by Crippen LogP contribution is 2.28. The van der Waals surface area contributed by atoms with Crippen LogP contribution in [0.25, 0.3) is 0 Å². The monoisotopic (exact) mass is 424 g/mol. The third kappa shape index (κ3) is 4.92. The summed E-state index contributed by atoms with van der Waals surface area (Å²) in [4.78, 5) is 25.5. The summed E-state index contributed by atoms with van der Waals surface area (Å²) in [6.07, 6.45) is -4.01. The van der Waals surface area contributed by atoms with Crippen LogP contribution < -0.4 is 5.56 Å². The van der Waals surface area contributed by atoms with Gasteiger partial charge in [-0.25, -0.2) is 0 Å². The molecule has 0 bridgehead atoms. The highest BCUT2D eigenvalue weighted by molar-refractivity contribution is 7.86. The number of carbonyl (C=O) groups is 1. The van der Waals surface area contributed by atoms with Crippen molar-refractivity contribution in [1.29, 1.82) is 0 Å². The Morgan fingerprint density at radius 3 is 2.18 bits per heavy atom. The number of pyridine rings is 1. The molecular weight excluding hydrogens is 401 g/mol. The topological polar surface area (TPSA) is 82.9 Å². The molecule has 28 heavy (non-hydrogen) atoms. The van der Waals surface area contributed by atoms with E-state index in [2.05, 4.69) is 0 Å². The lowest BCUT2D eigenvalue weighted by molar-refractivity contribution is -0.139. The Kier molecular flexibility index (Phi) is 6.88. The number of alkyl halides is 3. The average molecular weight is 424 g/mol. The van der Waals surface area contributed by atoms with E-state index in [1.165, 1.54) is 13.5 Å². The first kappa shape index (κ1) is 22.4. The average Bonchev–Trinajstić information content (AvgIpc) is 2.63. The first-order valence-electron chi connectivity index (χ1n) is 8.81. The Morgan fingerprint density at radius 2 is 1.68 bits per heavy atom. The lowest BCUT2D eigenvalue weighted by atomic mass is 10.2. The molecule has 1 saturated heterocycles. The predicted molar refractivity (Wildman–Crippen MR) is 95.7 cm³/mol. The second-order valence-electron chi connectivity index (χ2n) is 6.25. The van der Waals surface area contributed by atoms with Gasteiger partial charge in [0.1, 0.15) is 6.54 Å². The van der Waals surface area contributed by atoms with E-state index in [0.717, 1.165) is 6.07 Å². The maximum absolute atomic E-state index is 12.8. The van der Waals surface area contributed by atoms with Gasteiger partial charge in [-0.1, -0.05) is 13.8 Å². The van der Waals surface area contributed by atoms with Crippen molar-refractivity contribution in [3.05, 3.63) is 34.2 Å². The molecule has 0 atom stereocenters. The molecule has 1 aliphatic heterocycles. The number of aromatic nitrogens is 1. The standard InChI is InChI=1S/C16H23F3N4O4S/c1-3-22(4-2)28(26,27)23-9-7-20(8-10-23)15(25)12-21-11-13(16(17,18)19)5-6-14(21)24/h5-6,11H,3-4,7-10,12H2,1-2H3. The summed E-state index contributed by atoms with van der Waals surface area (Å²) >= 11 is 0. The quantitative estimate of drug-likeness (QED) is 0.670. The Balaban J connectivity index is 2.04. The van der Waals surface area contributed by atoms with E-state index in [1.807, 2.05) is 0 Å². The fourth-order valence-corrected chi connectivity index (χ4v) is 4.55. The molecule has 0 aliphatic carbocycles. The van der Waals surface area contributed by atoms with E-state index < -0.39 is 40.0 Å². The zero-order chi connectivity index (χ0) is 21.1. The second kappa shape index (κ2) is 8.62. The van der Waals surface area contributed by atoms with E-state index in [4.69, 9.17) is 0 Å². The molecule has 1 aliphatic rings. The Morgan fingerprint density at radius 1 is 1.11 bits per heavy atom. The SMILES string of the molecule is CCN(CC)S(=O)(=O)N1CCN(C(=O)Cn2cc(C(F)(F)F)ccc2=O)CC1. The van der Waals surface area contributed by atoms with Gasteiger partial charge in [0, 0.05) is 51.5 Å². The molecule has 1 fully saturated rings. The number of amides is 1. The molecule has 0 aromatic carbocycles. The van der Waals surface area contributed by atoms with Gasteiger partial charge in [0.25, 0.3) is 15.8 Å². The molecule has 158 valence electrons. The van der Waals surface area contributed by atoms with Gasteiger partial charge in [0.05, 0.1) is 5.56 Å². The number of piperazine rings is 1. The van der Waals surface area contributed by atoms with Gasteiger partial charge in [-0.15, -0.1) is 0 Å². The number of carbonyl (C=O) groups excluding carboxylic acids is 1. The molecule has 0 radical (unpaired) electrons. The highest BCUT2D eigenvalue weighted by atomic mass is 32.2. The zero-order valence-electron chi connectivity index (χ0n) is 15.6. The van der Waals surface area contributed by atoms with E-state index in [9.17, 15) is 31.2 Å². The van der Waals surface area contributed by atoms with Crippen molar-refractivity contribution in [2.75, 3.05) is 39.3 Å². The number of halogens is 3. The number of hydrogen-bond acceptors (Lipinski definition) is 4. The van der Waals surface area contributed by atoms with Crippen LogP contribution in [0.15, 0.2) is 23.1 Å². The zero-order valence-corrected chi connectivity index (χ0v) is 16.5. The molecule has 0 unspecified atom stereocenters. The van der Waals surface area contributed by atoms with Crippen molar-refractivity contribution >= 4 is 16.1 Å². The van der Waals surface area contributed by atoms with Crippen LogP contribution in [0.5, 0.6) is 0 Å². The summed E-state index contributed by atoms with van der Waals surface area (Å²) in [6.45, 7) is 3.96. The summed E-state index contributed by atoms with van der Waals surface area (Å²) in [5.74, 6) is -0.540. The summed E-state index contributed by atoms with van der Waals surface area (Å²) in [7, 11) is -3.61. The van der Waals surface area contributed by atoms with Crippen LogP contribution in [-0.4, -0.2) is 71.7 Å². The molecule has 2 rings (SSSR count). The Bertz CT molecular complexity index is 857. The van der Waals surface area contributed by atoms with Crippen LogP contribution >= 0.6 is 0 Å². The fraction of sp³-hybridized carbons (Fsp3) is 0.625. The smallest absolute Gasteiger partial charge is 0.338 e. The summed E-state index contributed by atoms with van der Waals surface area (Å²) in [5, 5.41) is 0. The lowest BCUT2D eigenvalue weighted by Gasteiger charge is -2.36. The highest BCUT2D eigenvalue weighted by Gasteiger charge is 2.33. The molecule has 0 spiro atoms. The van der Waals surface area contributed by atoms with Crippen LogP contribution in [0.1, 0.15) is 19.4 Å². The van der Waals surface area contributed by atoms with E-state index in [1.54, 1.807) is 13.8 Å². The van der Waals surface area contributed by atoms with Gasteiger partial charge < -0.3 is 9.47 Å². The van der Waals surface area contributed by atoms with E-state index >= 15 is 0 Å². The van der Waals surface area contributed by atoms with Crippen LogP contribution in [-0.2, 0) is 27.7 Å². The molecule has 1 amide bonds. The maximum atomic E-state index is 12.8. The summed E-state index contributed by atoms with van der Waals surface area (Å²) in [5.41, 5.74) is -1.74.